The van der Waals surface area contributed by atoms with E-state index in [1.165, 1.54) is 4.90 Å². The molecule has 1 amide bonds. The Morgan fingerprint density at radius 1 is 1.00 bits per heavy atom. The summed E-state index contributed by atoms with van der Waals surface area (Å²) >= 11 is 6.09. The second-order valence-corrected chi connectivity index (χ2v) is 9.00. The molecule has 2 aliphatic heterocycles. The van der Waals surface area contributed by atoms with Gasteiger partial charge in [-0.05, 0) is 54.1 Å². The number of Topliss-reactive ketones (excluding diaryl/α,β-unsaturated/α-hetero) is 1. The van der Waals surface area contributed by atoms with Crippen molar-refractivity contribution in [2.45, 2.75) is 6.04 Å². The van der Waals surface area contributed by atoms with E-state index in [9.17, 15) is 14.7 Å². The molecule has 4 aromatic rings. The summed E-state index contributed by atoms with van der Waals surface area (Å²) in [7, 11) is 1.55. The highest BCUT2D eigenvalue weighted by Crippen LogP contribution is 2.45. The maximum absolute atomic E-state index is 13.8. The SMILES string of the molecule is COc1ccc(C2C(C(=O)c3cc4cc(Cl)ccc4o3)=C(O)C(=O)N2c2ccc3c(c2)OCCO3)cc1. The Bertz CT molecular complexity index is 1590. The Morgan fingerprint density at radius 2 is 1.76 bits per heavy atom. The molecule has 3 heterocycles. The van der Waals surface area contributed by atoms with Crippen LogP contribution < -0.4 is 19.1 Å². The van der Waals surface area contributed by atoms with Crippen LogP contribution in [0.4, 0.5) is 5.69 Å². The fourth-order valence-corrected chi connectivity index (χ4v) is 4.83. The Hall–Kier alpha value is -4.43. The number of furan rings is 1. The van der Waals surface area contributed by atoms with Crippen molar-refractivity contribution in [1.82, 2.24) is 0 Å². The van der Waals surface area contributed by atoms with Gasteiger partial charge in [0.15, 0.2) is 23.0 Å². The first-order valence-corrected chi connectivity index (χ1v) is 11.9. The number of hydrogen-bond donors (Lipinski definition) is 1. The van der Waals surface area contributed by atoms with Crippen molar-refractivity contribution in [3.05, 3.63) is 94.4 Å². The van der Waals surface area contributed by atoms with Crippen molar-refractivity contribution in [3.63, 3.8) is 0 Å². The van der Waals surface area contributed by atoms with Crippen molar-refractivity contribution in [3.8, 4) is 17.2 Å². The summed E-state index contributed by atoms with van der Waals surface area (Å²) in [5.41, 5.74) is 1.38. The van der Waals surface area contributed by atoms with Gasteiger partial charge in [-0.1, -0.05) is 23.7 Å². The molecule has 6 rings (SSSR count). The van der Waals surface area contributed by atoms with Crippen LogP contribution in [0.1, 0.15) is 22.2 Å². The number of benzene rings is 3. The summed E-state index contributed by atoms with van der Waals surface area (Å²) < 4.78 is 22.3. The van der Waals surface area contributed by atoms with Crippen LogP contribution in [-0.4, -0.2) is 37.1 Å². The molecule has 0 spiro atoms. The lowest BCUT2D eigenvalue weighted by Gasteiger charge is -2.28. The van der Waals surface area contributed by atoms with Crippen LogP contribution >= 0.6 is 11.6 Å². The largest absolute Gasteiger partial charge is 0.503 e. The van der Waals surface area contributed by atoms with Crippen LogP contribution in [0, 0.1) is 0 Å². The van der Waals surface area contributed by atoms with Gasteiger partial charge in [-0.3, -0.25) is 14.5 Å². The Morgan fingerprint density at radius 3 is 2.51 bits per heavy atom. The molecule has 0 aliphatic carbocycles. The zero-order valence-corrected chi connectivity index (χ0v) is 20.3. The standard InChI is InChI=1S/C28H20ClNO7/c1-34-19-6-2-15(3-7-19)25-24(26(31)23-13-16-12-17(29)4-8-20(16)37-23)27(32)28(33)30(25)18-5-9-21-22(14-18)36-11-10-35-21/h2-9,12-14,25,32H,10-11H2,1H3. The van der Waals surface area contributed by atoms with E-state index in [0.717, 1.165) is 0 Å². The molecule has 186 valence electrons. The van der Waals surface area contributed by atoms with E-state index in [2.05, 4.69) is 0 Å². The Labute approximate surface area is 216 Å². The third-order valence-electron chi connectivity index (χ3n) is 6.39. The second-order valence-electron chi connectivity index (χ2n) is 8.56. The molecule has 1 aromatic heterocycles. The molecule has 0 saturated carbocycles. The normalized spacial score (nSPS) is 17.0. The number of hydrogen-bond acceptors (Lipinski definition) is 7. The predicted octanol–water partition coefficient (Wildman–Crippen LogP) is 5.65. The van der Waals surface area contributed by atoms with Gasteiger partial charge in [-0.2, -0.15) is 0 Å². The molecule has 0 bridgehead atoms. The number of anilines is 1. The molecule has 0 fully saturated rings. The monoisotopic (exact) mass is 517 g/mol. The van der Waals surface area contributed by atoms with Gasteiger partial charge in [-0.25, -0.2) is 0 Å². The second kappa shape index (κ2) is 8.90. The summed E-state index contributed by atoms with van der Waals surface area (Å²) in [5, 5.41) is 12.2. The lowest BCUT2D eigenvalue weighted by molar-refractivity contribution is -0.117. The highest BCUT2D eigenvalue weighted by molar-refractivity contribution is 6.31. The smallest absolute Gasteiger partial charge is 0.294 e. The topological polar surface area (TPSA) is 98.4 Å². The predicted molar refractivity (Wildman–Crippen MR) is 136 cm³/mol. The van der Waals surface area contributed by atoms with Gasteiger partial charge in [0.2, 0.25) is 5.78 Å². The van der Waals surface area contributed by atoms with E-state index in [-0.39, 0.29) is 11.3 Å². The fraction of sp³-hybridized carbons (Fsp3) is 0.143. The molecule has 0 radical (unpaired) electrons. The number of aliphatic hydroxyl groups excluding tert-OH is 1. The number of rotatable bonds is 5. The first kappa shape index (κ1) is 23.0. The van der Waals surface area contributed by atoms with Crippen molar-refractivity contribution in [1.29, 1.82) is 0 Å². The minimum atomic E-state index is -0.940. The maximum Gasteiger partial charge on any atom is 0.294 e. The minimum absolute atomic E-state index is 0.0193. The molecular formula is C28H20ClNO7. The first-order valence-electron chi connectivity index (χ1n) is 11.5. The van der Waals surface area contributed by atoms with E-state index in [4.69, 9.17) is 30.2 Å². The van der Waals surface area contributed by atoms with E-state index in [1.807, 2.05) is 0 Å². The van der Waals surface area contributed by atoms with Crippen LogP contribution in [0.5, 0.6) is 17.2 Å². The number of nitrogens with zero attached hydrogens (tertiary/aromatic N) is 1. The first-order chi connectivity index (χ1) is 17.9. The van der Waals surface area contributed by atoms with E-state index < -0.39 is 23.5 Å². The van der Waals surface area contributed by atoms with Crippen LogP contribution in [0.3, 0.4) is 0 Å². The van der Waals surface area contributed by atoms with Crippen molar-refractivity contribution < 1.29 is 33.3 Å². The number of aliphatic hydroxyl groups is 1. The van der Waals surface area contributed by atoms with Gasteiger partial charge >= 0.3 is 0 Å². The number of carbonyl (C=O) groups excluding carboxylic acids is 2. The van der Waals surface area contributed by atoms with Crippen molar-refractivity contribution >= 4 is 39.9 Å². The van der Waals surface area contributed by atoms with Gasteiger partial charge in [0.1, 0.15) is 24.5 Å². The summed E-state index contributed by atoms with van der Waals surface area (Å²) in [5.74, 6) is -0.378. The highest BCUT2D eigenvalue weighted by atomic mass is 35.5. The van der Waals surface area contributed by atoms with Crippen LogP contribution in [0.25, 0.3) is 11.0 Å². The molecule has 1 N–H and O–H groups in total. The van der Waals surface area contributed by atoms with E-state index in [1.54, 1.807) is 73.8 Å². The Kier molecular flexibility index (Phi) is 5.53. The lowest BCUT2D eigenvalue weighted by atomic mass is 9.94. The molecule has 37 heavy (non-hydrogen) atoms. The van der Waals surface area contributed by atoms with Crippen LogP contribution in [0.15, 0.2) is 82.5 Å². The number of ether oxygens (including phenoxy) is 3. The van der Waals surface area contributed by atoms with E-state index in [0.29, 0.717) is 57.7 Å². The number of halogens is 1. The van der Waals surface area contributed by atoms with Gasteiger partial charge < -0.3 is 23.7 Å². The molecule has 0 saturated heterocycles. The number of methoxy groups -OCH3 is 1. The third-order valence-corrected chi connectivity index (χ3v) is 6.63. The zero-order chi connectivity index (χ0) is 25.7. The molecule has 8 nitrogen and oxygen atoms in total. The van der Waals surface area contributed by atoms with Crippen molar-refractivity contribution in [2.24, 2.45) is 0 Å². The van der Waals surface area contributed by atoms with Gasteiger partial charge in [-0.15, -0.1) is 0 Å². The number of fused-ring (bicyclic) bond motifs is 2. The maximum atomic E-state index is 13.8. The zero-order valence-electron chi connectivity index (χ0n) is 19.6. The van der Waals surface area contributed by atoms with Gasteiger partial charge in [0.05, 0.1) is 18.7 Å². The lowest BCUT2D eigenvalue weighted by Crippen LogP contribution is -2.31. The molecule has 1 atom stereocenters. The quantitative estimate of drug-likeness (QED) is 0.341. The highest BCUT2D eigenvalue weighted by Gasteiger charge is 2.45. The van der Waals surface area contributed by atoms with E-state index >= 15 is 0 Å². The molecule has 1 unspecified atom stereocenters. The number of carbonyl (C=O) groups is 2. The summed E-state index contributed by atoms with van der Waals surface area (Å²) in [6, 6.07) is 17.6. The average Bonchev–Trinajstić information content (AvgIpc) is 3.46. The minimum Gasteiger partial charge on any atom is -0.503 e. The molecular weight excluding hydrogens is 498 g/mol. The van der Waals surface area contributed by atoms with Gasteiger partial charge in [0, 0.05) is 22.2 Å². The van der Waals surface area contributed by atoms with Crippen molar-refractivity contribution in [2.75, 3.05) is 25.2 Å². The number of ketones is 1. The Balaban J connectivity index is 1.48. The van der Waals surface area contributed by atoms with Crippen LogP contribution in [-0.2, 0) is 4.79 Å². The summed E-state index contributed by atoms with van der Waals surface area (Å²) in [4.78, 5) is 28.6. The fourth-order valence-electron chi connectivity index (χ4n) is 4.65. The average molecular weight is 518 g/mol. The van der Waals surface area contributed by atoms with Gasteiger partial charge in [0.25, 0.3) is 5.91 Å². The molecule has 9 heteroatoms. The summed E-state index contributed by atoms with van der Waals surface area (Å²) in [6.45, 7) is 0.794. The molecule has 3 aromatic carbocycles. The third kappa shape index (κ3) is 3.86. The summed E-state index contributed by atoms with van der Waals surface area (Å²) in [6.07, 6.45) is 0. The molecule has 2 aliphatic rings. The van der Waals surface area contributed by atoms with Crippen LogP contribution in [0.2, 0.25) is 5.02 Å². The number of amides is 1.